The maximum Gasteiger partial charge on any atom is 0.273 e. The molecule has 122 valence electrons. The van der Waals surface area contributed by atoms with Gasteiger partial charge in [-0.3, -0.25) is 4.79 Å². The lowest BCUT2D eigenvalue weighted by Gasteiger charge is -2.07. The Hall–Kier alpha value is -2.99. The largest absolute Gasteiger partial charge is 0.392 e. The highest BCUT2D eigenvalue weighted by Gasteiger charge is 2.12. The molecule has 1 aromatic heterocycles. The van der Waals surface area contributed by atoms with Gasteiger partial charge in [0, 0.05) is 6.54 Å². The summed E-state index contributed by atoms with van der Waals surface area (Å²) < 4.78 is 1.57. The molecule has 1 heterocycles. The van der Waals surface area contributed by atoms with Crippen LogP contribution in [0.1, 0.15) is 27.2 Å². The van der Waals surface area contributed by atoms with Gasteiger partial charge in [-0.1, -0.05) is 47.2 Å². The zero-order valence-electron chi connectivity index (χ0n) is 13.3. The van der Waals surface area contributed by atoms with E-state index in [4.69, 9.17) is 0 Å². The average Bonchev–Trinajstić information content (AvgIpc) is 3.10. The Morgan fingerprint density at radius 1 is 1.12 bits per heavy atom. The Morgan fingerprint density at radius 3 is 2.54 bits per heavy atom. The van der Waals surface area contributed by atoms with Crippen LogP contribution in [-0.2, 0) is 13.2 Å². The summed E-state index contributed by atoms with van der Waals surface area (Å²) in [6.07, 6.45) is 1.60. The lowest BCUT2D eigenvalue weighted by Crippen LogP contribution is -2.23. The molecule has 0 saturated heterocycles. The fourth-order valence-electron chi connectivity index (χ4n) is 2.34. The number of nitrogens with zero attached hydrogens (tertiary/aromatic N) is 3. The number of carbonyl (C=O) groups excluding carboxylic acids is 1. The lowest BCUT2D eigenvalue weighted by atomic mass is 10.1. The second-order valence-corrected chi connectivity index (χ2v) is 5.49. The summed E-state index contributed by atoms with van der Waals surface area (Å²) in [6.45, 7) is 2.27. The number of aliphatic hydroxyl groups is 1. The first kappa shape index (κ1) is 15.9. The quantitative estimate of drug-likeness (QED) is 0.753. The van der Waals surface area contributed by atoms with Crippen LogP contribution in [0.25, 0.3) is 5.69 Å². The Bertz CT molecular complexity index is 840. The van der Waals surface area contributed by atoms with E-state index in [1.165, 1.54) is 0 Å². The van der Waals surface area contributed by atoms with Crippen molar-refractivity contribution in [3.63, 3.8) is 0 Å². The van der Waals surface area contributed by atoms with Crippen molar-refractivity contribution >= 4 is 5.91 Å². The maximum absolute atomic E-state index is 12.2. The minimum Gasteiger partial charge on any atom is -0.392 e. The van der Waals surface area contributed by atoms with Crippen LogP contribution in [0.2, 0.25) is 0 Å². The first-order valence-corrected chi connectivity index (χ1v) is 7.62. The van der Waals surface area contributed by atoms with E-state index in [2.05, 4.69) is 15.6 Å². The van der Waals surface area contributed by atoms with E-state index in [0.717, 1.165) is 22.4 Å². The van der Waals surface area contributed by atoms with Gasteiger partial charge in [0.05, 0.1) is 18.5 Å². The fourth-order valence-corrected chi connectivity index (χ4v) is 2.34. The topological polar surface area (TPSA) is 80.0 Å². The number of aliphatic hydroxyl groups excluding tert-OH is 1. The molecule has 0 bridgehead atoms. The molecule has 0 aliphatic heterocycles. The molecule has 1 amide bonds. The zero-order chi connectivity index (χ0) is 16.9. The molecule has 3 rings (SSSR count). The van der Waals surface area contributed by atoms with Crippen LogP contribution in [0.3, 0.4) is 0 Å². The number of benzene rings is 2. The van der Waals surface area contributed by atoms with Gasteiger partial charge in [0.25, 0.3) is 5.91 Å². The van der Waals surface area contributed by atoms with Gasteiger partial charge in [-0.15, -0.1) is 5.10 Å². The number of hydrogen-bond acceptors (Lipinski definition) is 4. The standard InChI is InChI=1S/C18H18N4O2/c1-13-6-8-16(9-7-13)22-11-17(20-21-22)18(24)19-10-14-4-2-3-5-15(14)12-23/h2-9,11,23H,10,12H2,1H3,(H,19,24). The Morgan fingerprint density at radius 2 is 1.83 bits per heavy atom. The van der Waals surface area contributed by atoms with E-state index in [9.17, 15) is 9.90 Å². The van der Waals surface area contributed by atoms with Crippen molar-refractivity contribution in [2.24, 2.45) is 0 Å². The minimum absolute atomic E-state index is 0.0599. The summed E-state index contributed by atoms with van der Waals surface area (Å²) >= 11 is 0. The van der Waals surface area contributed by atoms with Crippen LogP contribution in [0.5, 0.6) is 0 Å². The molecular weight excluding hydrogens is 304 g/mol. The van der Waals surface area contributed by atoms with Gasteiger partial charge in [-0.05, 0) is 30.2 Å². The molecule has 6 heteroatoms. The van der Waals surface area contributed by atoms with Crippen LogP contribution >= 0.6 is 0 Å². The molecule has 24 heavy (non-hydrogen) atoms. The Labute approximate surface area is 139 Å². The smallest absolute Gasteiger partial charge is 0.273 e. The summed E-state index contributed by atoms with van der Waals surface area (Å²) in [4.78, 5) is 12.2. The van der Waals surface area contributed by atoms with Gasteiger partial charge in [-0.25, -0.2) is 4.68 Å². The highest BCUT2D eigenvalue weighted by Crippen LogP contribution is 2.10. The Balaban J connectivity index is 1.69. The third kappa shape index (κ3) is 3.49. The molecule has 6 nitrogen and oxygen atoms in total. The van der Waals surface area contributed by atoms with Crippen LogP contribution in [0.15, 0.2) is 54.7 Å². The predicted octanol–water partition coefficient (Wildman–Crippen LogP) is 2.00. The SMILES string of the molecule is Cc1ccc(-n2cc(C(=O)NCc3ccccc3CO)nn2)cc1. The van der Waals surface area contributed by atoms with Gasteiger partial charge in [0.1, 0.15) is 0 Å². The van der Waals surface area contributed by atoms with Crippen molar-refractivity contribution in [2.45, 2.75) is 20.1 Å². The molecule has 0 spiro atoms. The predicted molar refractivity (Wildman–Crippen MR) is 89.6 cm³/mol. The van der Waals surface area contributed by atoms with Crippen LogP contribution in [0.4, 0.5) is 0 Å². The van der Waals surface area contributed by atoms with Crippen molar-refractivity contribution in [3.05, 3.63) is 77.1 Å². The number of nitrogens with one attached hydrogen (secondary N) is 1. The number of hydrogen-bond donors (Lipinski definition) is 2. The summed E-state index contributed by atoms with van der Waals surface area (Å²) in [5, 5.41) is 20.0. The van der Waals surface area contributed by atoms with E-state index < -0.39 is 0 Å². The zero-order valence-corrected chi connectivity index (χ0v) is 13.3. The first-order valence-electron chi connectivity index (χ1n) is 7.62. The highest BCUT2D eigenvalue weighted by molar-refractivity contribution is 5.91. The van der Waals surface area contributed by atoms with Crippen molar-refractivity contribution in [1.29, 1.82) is 0 Å². The van der Waals surface area contributed by atoms with E-state index in [-0.39, 0.29) is 18.2 Å². The van der Waals surface area contributed by atoms with Gasteiger partial charge in [-0.2, -0.15) is 0 Å². The van der Waals surface area contributed by atoms with Crippen molar-refractivity contribution < 1.29 is 9.90 Å². The number of aryl methyl sites for hydroxylation is 1. The summed E-state index contributed by atoms with van der Waals surface area (Å²) in [6, 6.07) is 15.2. The van der Waals surface area contributed by atoms with Gasteiger partial charge >= 0.3 is 0 Å². The van der Waals surface area contributed by atoms with E-state index >= 15 is 0 Å². The van der Waals surface area contributed by atoms with Crippen LogP contribution in [0, 0.1) is 6.92 Å². The molecule has 3 aromatic rings. The molecule has 2 N–H and O–H groups in total. The molecule has 0 fully saturated rings. The maximum atomic E-state index is 12.2. The van der Waals surface area contributed by atoms with Gasteiger partial charge in [0.2, 0.25) is 0 Å². The molecule has 0 aliphatic carbocycles. The number of rotatable bonds is 5. The highest BCUT2D eigenvalue weighted by atomic mass is 16.3. The van der Waals surface area contributed by atoms with Gasteiger partial charge in [0.15, 0.2) is 5.69 Å². The second kappa shape index (κ2) is 7.06. The van der Waals surface area contributed by atoms with Gasteiger partial charge < -0.3 is 10.4 Å². The monoisotopic (exact) mass is 322 g/mol. The van der Waals surface area contributed by atoms with Crippen LogP contribution < -0.4 is 5.32 Å². The van der Waals surface area contributed by atoms with E-state index in [0.29, 0.717) is 6.54 Å². The summed E-state index contributed by atoms with van der Waals surface area (Å²) in [5.41, 5.74) is 3.91. The minimum atomic E-state index is -0.305. The molecule has 0 atom stereocenters. The normalized spacial score (nSPS) is 10.6. The molecule has 0 saturated carbocycles. The molecule has 0 unspecified atom stereocenters. The molecular formula is C18H18N4O2. The number of amides is 1. The van der Waals surface area contributed by atoms with E-state index in [1.54, 1.807) is 10.9 Å². The second-order valence-electron chi connectivity index (χ2n) is 5.49. The lowest BCUT2D eigenvalue weighted by molar-refractivity contribution is 0.0945. The molecule has 0 radical (unpaired) electrons. The van der Waals surface area contributed by atoms with Crippen molar-refractivity contribution in [3.8, 4) is 5.69 Å². The number of carbonyl (C=O) groups is 1. The summed E-state index contributed by atoms with van der Waals surface area (Å²) in [7, 11) is 0. The van der Waals surface area contributed by atoms with Crippen molar-refractivity contribution in [1.82, 2.24) is 20.3 Å². The third-order valence-electron chi connectivity index (χ3n) is 3.75. The first-order chi connectivity index (χ1) is 11.7. The number of aromatic nitrogens is 3. The van der Waals surface area contributed by atoms with Crippen LogP contribution in [-0.4, -0.2) is 26.0 Å². The van der Waals surface area contributed by atoms with E-state index in [1.807, 2.05) is 55.5 Å². The third-order valence-corrected chi connectivity index (χ3v) is 3.75. The Kier molecular flexibility index (Phi) is 4.67. The molecule has 2 aromatic carbocycles. The average molecular weight is 322 g/mol. The summed E-state index contributed by atoms with van der Waals surface area (Å²) in [5.74, 6) is -0.305. The molecule has 0 aliphatic rings. The fraction of sp³-hybridized carbons (Fsp3) is 0.167. The van der Waals surface area contributed by atoms with Crippen molar-refractivity contribution in [2.75, 3.05) is 0 Å².